The normalized spacial score (nSPS) is 13.2. The molecule has 3 aromatic carbocycles. The first kappa shape index (κ1) is 12.0. The Morgan fingerprint density at radius 1 is 0.762 bits per heavy atom. The maximum absolute atomic E-state index is 3.41. The topological polar surface area (TPSA) is 0 Å². The van der Waals surface area contributed by atoms with Crippen LogP contribution in [0.25, 0.3) is 21.5 Å². The molecule has 0 aromatic heterocycles. The average molecular weight is 266 g/mol. The summed E-state index contributed by atoms with van der Waals surface area (Å²) >= 11 is 0. The van der Waals surface area contributed by atoms with Crippen molar-refractivity contribution in [3.8, 4) is 11.8 Å². The van der Waals surface area contributed by atoms with E-state index >= 15 is 0 Å². The van der Waals surface area contributed by atoms with Gasteiger partial charge in [-0.3, -0.25) is 0 Å². The van der Waals surface area contributed by atoms with Gasteiger partial charge in [-0.15, -0.1) is 0 Å². The number of fused-ring (bicyclic) bond motifs is 2. The zero-order valence-electron chi connectivity index (χ0n) is 11.6. The van der Waals surface area contributed by atoms with E-state index in [1.165, 1.54) is 27.1 Å². The molecule has 0 atom stereocenters. The standard InChI is InChI=1S/C21H14/c1-2-8-16(7-1)13-14-21-19-11-5-3-9-17(19)15-18-10-4-6-12-20(18)21/h1-7,9-12,15H,8H2. The lowest BCUT2D eigenvalue weighted by molar-refractivity contribution is 1.36. The van der Waals surface area contributed by atoms with Crippen LogP contribution in [0, 0.1) is 11.8 Å². The molecule has 1 aliphatic rings. The largest absolute Gasteiger partial charge is 0.0794 e. The van der Waals surface area contributed by atoms with E-state index in [2.05, 4.69) is 84.7 Å². The Balaban J connectivity index is 2.02. The van der Waals surface area contributed by atoms with Crippen LogP contribution in [0.3, 0.4) is 0 Å². The van der Waals surface area contributed by atoms with Gasteiger partial charge in [-0.1, -0.05) is 78.6 Å². The Morgan fingerprint density at radius 2 is 1.43 bits per heavy atom. The fourth-order valence-corrected chi connectivity index (χ4v) is 2.83. The molecular formula is C21H14. The smallest absolute Gasteiger partial charge is 0.0405 e. The van der Waals surface area contributed by atoms with Gasteiger partial charge in [-0.2, -0.15) is 0 Å². The van der Waals surface area contributed by atoms with E-state index in [9.17, 15) is 0 Å². The van der Waals surface area contributed by atoms with Gasteiger partial charge in [0.2, 0.25) is 0 Å². The number of hydrogen-bond donors (Lipinski definition) is 0. The van der Waals surface area contributed by atoms with Crippen molar-refractivity contribution in [2.24, 2.45) is 0 Å². The van der Waals surface area contributed by atoms with Gasteiger partial charge in [-0.05, 0) is 34.0 Å². The lowest BCUT2D eigenvalue weighted by atomic mass is 9.97. The first-order chi connectivity index (χ1) is 10.4. The van der Waals surface area contributed by atoms with Crippen molar-refractivity contribution in [2.45, 2.75) is 6.42 Å². The molecule has 0 amide bonds. The summed E-state index contributed by atoms with van der Waals surface area (Å²) in [4.78, 5) is 0. The summed E-state index contributed by atoms with van der Waals surface area (Å²) in [7, 11) is 0. The number of benzene rings is 3. The molecule has 0 bridgehead atoms. The van der Waals surface area contributed by atoms with Crippen LogP contribution in [-0.4, -0.2) is 0 Å². The molecule has 0 aliphatic heterocycles. The van der Waals surface area contributed by atoms with Gasteiger partial charge in [0.1, 0.15) is 0 Å². The van der Waals surface area contributed by atoms with Gasteiger partial charge < -0.3 is 0 Å². The molecular weight excluding hydrogens is 252 g/mol. The van der Waals surface area contributed by atoms with Crippen LogP contribution in [0.5, 0.6) is 0 Å². The van der Waals surface area contributed by atoms with E-state index in [0.717, 1.165) is 12.0 Å². The summed E-state index contributed by atoms with van der Waals surface area (Å²) in [6.07, 6.45) is 7.27. The third-order valence-corrected chi connectivity index (χ3v) is 3.89. The molecule has 0 heteroatoms. The summed E-state index contributed by atoms with van der Waals surface area (Å²) in [5.41, 5.74) is 2.32. The third kappa shape index (κ3) is 2.14. The second-order valence-electron chi connectivity index (χ2n) is 5.27. The molecule has 0 spiro atoms. The Bertz CT molecular complexity index is 905. The van der Waals surface area contributed by atoms with E-state index in [1.807, 2.05) is 0 Å². The molecule has 1 aliphatic carbocycles. The summed E-state index contributed by atoms with van der Waals surface area (Å²) in [6, 6.07) is 19.2. The second kappa shape index (κ2) is 4.96. The van der Waals surface area contributed by atoms with Crippen LogP contribution in [-0.2, 0) is 0 Å². The lowest BCUT2D eigenvalue weighted by Gasteiger charge is -2.06. The lowest BCUT2D eigenvalue weighted by Crippen LogP contribution is -1.84. The van der Waals surface area contributed by atoms with Gasteiger partial charge >= 0.3 is 0 Å². The van der Waals surface area contributed by atoms with Crippen molar-refractivity contribution in [1.82, 2.24) is 0 Å². The average Bonchev–Trinajstić information content (AvgIpc) is 3.05. The Hall–Kier alpha value is -2.78. The van der Waals surface area contributed by atoms with Crippen LogP contribution in [0.4, 0.5) is 0 Å². The van der Waals surface area contributed by atoms with E-state index in [-0.39, 0.29) is 0 Å². The van der Waals surface area contributed by atoms with Crippen LogP contribution in [0.2, 0.25) is 0 Å². The SMILES string of the molecule is C(#Cc1c2ccccc2cc2ccccc12)C1=CC=CC1. The highest BCUT2D eigenvalue weighted by Crippen LogP contribution is 2.27. The monoisotopic (exact) mass is 266 g/mol. The Morgan fingerprint density at radius 3 is 2.05 bits per heavy atom. The van der Waals surface area contributed by atoms with E-state index in [1.54, 1.807) is 0 Å². The highest BCUT2D eigenvalue weighted by molar-refractivity contribution is 6.04. The summed E-state index contributed by atoms with van der Waals surface area (Å²) in [6.45, 7) is 0. The molecule has 0 radical (unpaired) electrons. The molecule has 98 valence electrons. The van der Waals surface area contributed by atoms with Crippen LogP contribution >= 0.6 is 0 Å². The van der Waals surface area contributed by atoms with Crippen molar-refractivity contribution in [3.63, 3.8) is 0 Å². The first-order valence-electron chi connectivity index (χ1n) is 7.20. The highest BCUT2D eigenvalue weighted by Gasteiger charge is 2.05. The van der Waals surface area contributed by atoms with Gasteiger partial charge in [0.15, 0.2) is 0 Å². The molecule has 3 aromatic rings. The highest BCUT2D eigenvalue weighted by atomic mass is 14.1. The predicted octanol–water partition coefficient (Wildman–Crippen LogP) is 5.23. The maximum atomic E-state index is 3.41. The molecule has 4 rings (SSSR count). The van der Waals surface area contributed by atoms with Gasteiger partial charge in [0.25, 0.3) is 0 Å². The van der Waals surface area contributed by atoms with E-state index in [0.29, 0.717) is 0 Å². The zero-order valence-corrected chi connectivity index (χ0v) is 11.6. The fraction of sp³-hybridized carbons (Fsp3) is 0.0476. The summed E-state index contributed by atoms with van der Waals surface area (Å²) in [5, 5.41) is 4.96. The predicted molar refractivity (Wildman–Crippen MR) is 90.2 cm³/mol. The van der Waals surface area contributed by atoms with Crippen LogP contribution in [0.1, 0.15) is 12.0 Å². The van der Waals surface area contributed by atoms with Crippen molar-refractivity contribution in [2.75, 3.05) is 0 Å². The molecule has 0 N–H and O–H groups in total. The molecule has 0 nitrogen and oxygen atoms in total. The Labute approximate surface area is 124 Å². The van der Waals surface area contributed by atoms with Crippen molar-refractivity contribution in [1.29, 1.82) is 0 Å². The summed E-state index contributed by atoms with van der Waals surface area (Å²) < 4.78 is 0. The molecule has 21 heavy (non-hydrogen) atoms. The van der Waals surface area contributed by atoms with Crippen LogP contribution < -0.4 is 0 Å². The fourth-order valence-electron chi connectivity index (χ4n) is 2.83. The first-order valence-corrected chi connectivity index (χ1v) is 7.20. The zero-order chi connectivity index (χ0) is 14.1. The second-order valence-corrected chi connectivity index (χ2v) is 5.27. The van der Waals surface area contributed by atoms with Gasteiger partial charge in [0, 0.05) is 11.1 Å². The molecule has 0 heterocycles. The number of allylic oxidation sites excluding steroid dienone is 4. The van der Waals surface area contributed by atoms with Crippen molar-refractivity contribution >= 4 is 21.5 Å². The minimum atomic E-state index is 0.954. The van der Waals surface area contributed by atoms with Crippen molar-refractivity contribution in [3.05, 3.63) is 84.0 Å². The molecule has 0 unspecified atom stereocenters. The number of rotatable bonds is 0. The third-order valence-electron chi connectivity index (χ3n) is 3.89. The molecule has 0 fully saturated rings. The summed E-state index contributed by atoms with van der Waals surface area (Å²) in [5.74, 6) is 6.75. The maximum Gasteiger partial charge on any atom is 0.0405 e. The Kier molecular flexibility index (Phi) is 2.83. The van der Waals surface area contributed by atoms with Crippen LogP contribution in [0.15, 0.2) is 78.4 Å². The number of hydrogen-bond acceptors (Lipinski definition) is 0. The van der Waals surface area contributed by atoms with Gasteiger partial charge in [-0.25, -0.2) is 0 Å². The molecule has 0 saturated carbocycles. The van der Waals surface area contributed by atoms with E-state index in [4.69, 9.17) is 0 Å². The minimum Gasteiger partial charge on any atom is -0.0794 e. The minimum absolute atomic E-state index is 0.954. The quantitative estimate of drug-likeness (QED) is 0.386. The van der Waals surface area contributed by atoms with Crippen molar-refractivity contribution < 1.29 is 0 Å². The van der Waals surface area contributed by atoms with E-state index < -0.39 is 0 Å². The molecule has 0 saturated heterocycles. The van der Waals surface area contributed by atoms with Gasteiger partial charge in [0.05, 0.1) is 0 Å².